The lowest BCUT2D eigenvalue weighted by atomic mass is 9.96. The van der Waals surface area contributed by atoms with E-state index >= 15 is 0 Å². The Balaban J connectivity index is 2.88. The summed E-state index contributed by atoms with van der Waals surface area (Å²) in [6, 6.07) is 0.946. The van der Waals surface area contributed by atoms with E-state index in [0.717, 1.165) is 18.1 Å². The zero-order valence-corrected chi connectivity index (χ0v) is 12.7. The monoisotopic (exact) mass is 296 g/mol. The van der Waals surface area contributed by atoms with Crippen LogP contribution in [0.15, 0.2) is 6.07 Å². The maximum Gasteiger partial charge on any atom is 0.195 e. The van der Waals surface area contributed by atoms with Gasteiger partial charge >= 0.3 is 0 Å². The number of aryl methyl sites for hydroxylation is 1. The van der Waals surface area contributed by atoms with E-state index < -0.39 is 17.5 Å². The van der Waals surface area contributed by atoms with E-state index in [0.29, 0.717) is 17.9 Å². The highest BCUT2D eigenvalue weighted by Gasteiger charge is 2.22. The van der Waals surface area contributed by atoms with Crippen LogP contribution in [0.25, 0.3) is 10.9 Å². The quantitative estimate of drug-likeness (QED) is 0.811. The highest BCUT2D eigenvalue weighted by atomic mass is 19.2. The Hall–Kier alpha value is -1.78. The number of anilines is 1. The molecule has 0 aliphatic rings. The molecule has 1 N–H and O–H groups in total. The summed E-state index contributed by atoms with van der Waals surface area (Å²) in [4.78, 5) is 4.24. The van der Waals surface area contributed by atoms with Crippen molar-refractivity contribution in [3.63, 3.8) is 0 Å². The second kappa shape index (κ2) is 5.92. The average molecular weight is 296 g/mol. The lowest BCUT2D eigenvalue weighted by Gasteiger charge is -2.20. The normalized spacial score (nSPS) is 11.4. The van der Waals surface area contributed by atoms with Crippen LogP contribution in [0.5, 0.6) is 0 Å². The van der Waals surface area contributed by atoms with Crippen LogP contribution in [0.4, 0.5) is 18.9 Å². The molecule has 5 heteroatoms. The third kappa shape index (κ3) is 2.69. The number of fused-ring (bicyclic) bond motifs is 1. The van der Waals surface area contributed by atoms with Crippen molar-refractivity contribution in [2.75, 3.05) is 11.9 Å². The van der Waals surface area contributed by atoms with E-state index in [1.54, 1.807) is 6.92 Å². The fraction of sp³-hybridized carbons (Fsp3) is 0.438. The Morgan fingerprint density at radius 3 is 2.43 bits per heavy atom. The molecular formula is C16H19F3N2. The lowest BCUT2D eigenvalue weighted by Crippen LogP contribution is -2.10. The molecule has 0 atom stereocenters. The van der Waals surface area contributed by atoms with E-state index in [1.165, 1.54) is 0 Å². The SMILES string of the molecule is CCCNc1c(C(C)C)c(C)nc2cc(F)c(F)c(F)c12. The van der Waals surface area contributed by atoms with Gasteiger partial charge in [-0.15, -0.1) is 0 Å². The van der Waals surface area contributed by atoms with Crippen LogP contribution < -0.4 is 5.32 Å². The summed E-state index contributed by atoms with van der Waals surface area (Å²) in [7, 11) is 0. The van der Waals surface area contributed by atoms with Crippen LogP contribution in [0.1, 0.15) is 44.4 Å². The molecule has 0 spiro atoms. The smallest absolute Gasteiger partial charge is 0.195 e. The van der Waals surface area contributed by atoms with E-state index in [4.69, 9.17) is 0 Å². The first-order chi connectivity index (χ1) is 9.88. The van der Waals surface area contributed by atoms with Crippen LogP contribution in [0.2, 0.25) is 0 Å². The van der Waals surface area contributed by atoms with Crippen LogP contribution >= 0.6 is 0 Å². The summed E-state index contributed by atoms with van der Waals surface area (Å²) >= 11 is 0. The number of halogens is 3. The molecular weight excluding hydrogens is 277 g/mol. The van der Waals surface area contributed by atoms with Gasteiger partial charge in [0.05, 0.1) is 16.6 Å². The molecule has 0 saturated heterocycles. The summed E-state index contributed by atoms with van der Waals surface area (Å²) in [6.45, 7) is 8.33. The molecule has 0 radical (unpaired) electrons. The minimum absolute atomic E-state index is 0.0247. The van der Waals surface area contributed by atoms with Crippen LogP contribution in [0, 0.1) is 24.4 Å². The predicted molar refractivity (Wildman–Crippen MR) is 79.2 cm³/mol. The fourth-order valence-electron chi connectivity index (χ4n) is 2.61. The fourth-order valence-corrected chi connectivity index (χ4v) is 2.61. The molecule has 0 saturated carbocycles. The third-order valence-electron chi connectivity index (χ3n) is 3.47. The third-order valence-corrected chi connectivity index (χ3v) is 3.47. The molecule has 2 rings (SSSR count). The minimum atomic E-state index is -1.46. The second-order valence-electron chi connectivity index (χ2n) is 5.45. The Labute approximate surface area is 122 Å². The molecule has 0 amide bonds. The molecule has 1 heterocycles. The largest absolute Gasteiger partial charge is 0.384 e. The van der Waals surface area contributed by atoms with Crippen LogP contribution in [0.3, 0.4) is 0 Å². The topological polar surface area (TPSA) is 24.9 Å². The Morgan fingerprint density at radius 1 is 1.19 bits per heavy atom. The van der Waals surface area contributed by atoms with Gasteiger partial charge in [0.1, 0.15) is 0 Å². The average Bonchev–Trinajstić information content (AvgIpc) is 2.41. The van der Waals surface area contributed by atoms with E-state index in [9.17, 15) is 13.2 Å². The second-order valence-corrected chi connectivity index (χ2v) is 5.45. The van der Waals surface area contributed by atoms with Crippen LogP contribution in [-0.4, -0.2) is 11.5 Å². The molecule has 0 aliphatic carbocycles. The molecule has 0 bridgehead atoms. The van der Waals surface area contributed by atoms with Crippen LogP contribution in [-0.2, 0) is 0 Å². The van der Waals surface area contributed by atoms with Gasteiger partial charge in [-0.3, -0.25) is 4.98 Å². The maximum atomic E-state index is 14.2. The van der Waals surface area contributed by atoms with Gasteiger partial charge in [-0.2, -0.15) is 0 Å². The van der Waals surface area contributed by atoms with Gasteiger partial charge in [0.15, 0.2) is 17.5 Å². The molecule has 1 aromatic heterocycles. The number of aromatic nitrogens is 1. The summed E-state index contributed by atoms with van der Waals surface area (Å²) in [6.07, 6.45) is 0.839. The van der Waals surface area contributed by atoms with Crippen molar-refractivity contribution < 1.29 is 13.2 Å². The van der Waals surface area contributed by atoms with E-state index in [1.807, 2.05) is 20.8 Å². The van der Waals surface area contributed by atoms with Crippen molar-refractivity contribution in [3.8, 4) is 0 Å². The highest BCUT2D eigenvalue weighted by molar-refractivity contribution is 5.94. The van der Waals surface area contributed by atoms with E-state index in [-0.39, 0.29) is 16.8 Å². The van der Waals surface area contributed by atoms with Gasteiger partial charge in [0.25, 0.3) is 0 Å². The van der Waals surface area contributed by atoms with Crippen molar-refractivity contribution in [3.05, 3.63) is 34.8 Å². The zero-order chi connectivity index (χ0) is 15.7. The molecule has 0 aliphatic heterocycles. The van der Waals surface area contributed by atoms with Crippen molar-refractivity contribution in [1.29, 1.82) is 0 Å². The van der Waals surface area contributed by atoms with Crippen molar-refractivity contribution in [1.82, 2.24) is 4.98 Å². The number of pyridine rings is 1. The Morgan fingerprint density at radius 2 is 1.86 bits per heavy atom. The lowest BCUT2D eigenvalue weighted by molar-refractivity contribution is 0.453. The summed E-state index contributed by atoms with van der Waals surface area (Å²) in [5.74, 6) is -3.76. The van der Waals surface area contributed by atoms with Gasteiger partial charge in [0, 0.05) is 18.3 Å². The predicted octanol–water partition coefficient (Wildman–Crippen LogP) is 4.91. The first kappa shape index (κ1) is 15.6. The zero-order valence-electron chi connectivity index (χ0n) is 12.7. The Bertz CT molecular complexity index is 681. The Kier molecular flexibility index (Phi) is 4.40. The van der Waals surface area contributed by atoms with Gasteiger partial charge in [0.2, 0.25) is 0 Å². The molecule has 114 valence electrons. The summed E-state index contributed by atoms with van der Waals surface area (Å²) < 4.78 is 41.2. The van der Waals surface area contributed by atoms with Gasteiger partial charge in [-0.25, -0.2) is 13.2 Å². The standard InChI is InChI=1S/C16H19F3N2/c1-5-6-20-16-12(8(2)3)9(4)21-11-7-10(17)14(18)15(19)13(11)16/h7-8H,5-6H2,1-4H3,(H,20,21). The van der Waals surface area contributed by atoms with Crippen molar-refractivity contribution >= 4 is 16.6 Å². The molecule has 21 heavy (non-hydrogen) atoms. The van der Waals surface area contributed by atoms with Crippen molar-refractivity contribution in [2.45, 2.75) is 40.0 Å². The van der Waals surface area contributed by atoms with Crippen molar-refractivity contribution in [2.24, 2.45) is 0 Å². The molecule has 2 aromatic rings. The number of nitrogens with one attached hydrogen (secondary N) is 1. The summed E-state index contributed by atoms with van der Waals surface area (Å²) in [5, 5.41) is 3.17. The number of nitrogens with zero attached hydrogens (tertiary/aromatic N) is 1. The first-order valence-corrected chi connectivity index (χ1v) is 7.10. The maximum absolute atomic E-state index is 14.2. The minimum Gasteiger partial charge on any atom is -0.384 e. The van der Waals surface area contributed by atoms with E-state index in [2.05, 4.69) is 10.3 Å². The van der Waals surface area contributed by atoms with Gasteiger partial charge < -0.3 is 5.32 Å². The molecule has 0 fully saturated rings. The number of hydrogen-bond donors (Lipinski definition) is 1. The van der Waals surface area contributed by atoms with Gasteiger partial charge in [-0.05, 0) is 24.8 Å². The van der Waals surface area contributed by atoms with Gasteiger partial charge in [-0.1, -0.05) is 20.8 Å². The molecule has 1 aromatic carbocycles. The number of benzene rings is 1. The molecule has 0 unspecified atom stereocenters. The highest BCUT2D eigenvalue weighted by Crippen LogP contribution is 2.36. The number of hydrogen-bond acceptors (Lipinski definition) is 2. The first-order valence-electron chi connectivity index (χ1n) is 7.10. The molecule has 2 nitrogen and oxygen atoms in total. The number of rotatable bonds is 4. The summed E-state index contributed by atoms with van der Waals surface area (Å²) in [5.41, 5.74) is 2.18.